The number of benzene rings is 2. The monoisotopic (exact) mass is 475 g/mol. The van der Waals surface area contributed by atoms with Crippen LogP contribution in [0.25, 0.3) is 10.9 Å². The number of alkyl halides is 3. The summed E-state index contributed by atoms with van der Waals surface area (Å²) < 4.78 is 63.7. The number of hydrogen-bond donors (Lipinski definition) is 4. The van der Waals surface area contributed by atoms with Gasteiger partial charge in [-0.1, -0.05) is 18.2 Å². The molecule has 0 amide bonds. The molecule has 0 radical (unpaired) electrons. The van der Waals surface area contributed by atoms with Gasteiger partial charge in [-0.05, 0) is 30.3 Å². The van der Waals surface area contributed by atoms with Gasteiger partial charge in [-0.25, -0.2) is 9.37 Å². The van der Waals surface area contributed by atoms with Crippen LogP contribution < -0.4 is 15.4 Å². The molecule has 0 fully saturated rings. The summed E-state index contributed by atoms with van der Waals surface area (Å²) in [6.45, 7) is -1.03. The summed E-state index contributed by atoms with van der Waals surface area (Å²) in [5.74, 6) is -1.27. The van der Waals surface area contributed by atoms with Crippen LogP contribution in [0.15, 0.2) is 67.1 Å². The molecule has 11 heteroatoms. The SMILES string of the molecule is COc1cccc(C(Nc2cccc3ncccc23)C(O)(CNc2ncc[nH]2)C(F)(F)F)c1F. The van der Waals surface area contributed by atoms with E-state index in [0.29, 0.717) is 10.9 Å². The number of hydrogen-bond acceptors (Lipinski definition) is 6. The molecule has 0 saturated heterocycles. The summed E-state index contributed by atoms with van der Waals surface area (Å²) in [4.78, 5) is 10.7. The maximum Gasteiger partial charge on any atom is 0.421 e. The normalized spacial score (nSPS) is 14.4. The van der Waals surface area contributed by atoms with Crippen LogP contribution in [0.5, 0.6) is 5.75 Å². The van der Waals surface area contributed by atoms with Crippen LogP contribution in [-0.2, 0) is 0 Å². The van der Waals surface area contributed by atoms with Crippen molar-refractivity contribution in [1.29, 1.82) is 0 Å². The standard InChI is InChI=1S/C23H21F4N5O2/c1-34-18-9-2-5-15(19(18)24)20(32-17-8-3-7-16-14(17)6-4-10-28-16)22(33,23(25,26)27)13-31-21-29-11-12-30-21/h2-12,20,32-33H,13H2,1H3,(H2,29,30,31). The average molecular weight is 475 g/mol. The van der Waals surface area contributed by atoms with E-state index in [9.17, 15) is 18.3 Å². The molecule has 0 aliphatic carbocycles. The van der Waals surface area contributed by atoms with E-state index in [1.165, 1.54) is 43.8 Å². The number of fused-ring (bicyclic) bond motifs is 1. The van der Waals surface area contributed by atoms with E-state index in [4.69, 9.17) is 4.74 Å². The fourth-order valence-electron chi connectivity index (χ4n) is 3.69. The number of rotatable bonds is 8. The lowest BCUT2D eigenvalue weighted by Gasteiger charge is -2.39. The van der Waals surface area contributed by atoms with E-state index in [0.717, 1.165) is 0 Å². The molecule has 4 N–H and O–H groups in total. The highest BCUT2D eigenvalue weighted by Gasteiger charge is 2.60. The lowest BCUT2D eigenvalue weighted by atomic mass is 9.86. The molecule has 0 aliphatic heterocycles. The number of aromatic amines is 1. The molecule has 7 nitrogen and oxygen atoms in total. The summed E-state index contributed by atoms with van der Waals surface area (Å²) >= 11 is 0. The van der Waals surface area contributed by atoms with Gasteiger partial charge in [0.05, 0.1) is 25.2 Å². The first-order chi connectivity index (χ1) is 16.2. The number of aliphatic hydroxyl groups is 1. The minimum atomic E-state index is -5.18. The third-order valence-corrected chi connectivity index (χ3v) is 5.46. The minimum Gasteiger partial charge on any atom is -0.494 e. The molecule has 0 spiro atoms. The number of aromatic nitrogens is 3. The van der Waals surface area contributed by atoms with Crippen molar-refractivity contribution in [3.63, 3.8) is 0 Å². The Balaban J connectivity index is 1.86. The Labute approximate surface area is 191 Å². The Morgan fingerprint density at radius 3 is 2.56 bits per heavy atom. The second-order valence-electron chi connectivity index (χ2n) is 7.53. The summed E-state index contributed by atoms with van der Waals surface area (Å²) in [5, 5.41) is 16.9. The first-order valence-corrected chi connectivity index (χ1v) is 10.2. The zero-order chi connectivity index (χ0) is 24.3. The van der Waals surface area contributed by atoms with Gasteiger partial charge in [0, 0.05) is 35.2 Å². The third kappa shape index (κ3) is 4.34. The Hall–Kier alpha value is -3.86. The minimum absolute atomic E-state index is 0.0156. The van der Waals surface area contributed by atoms with Crippen molar-refractivity contribution >= 4 is 22.5 Å². The predicted molar refractivity (Wildman–Crippen MR) is 119 cm³/mol. The van der Waals surface area contributed by atoms with E-state index in [1.54, 1.807) is 30.5 Å². The Morgan fingerprint density at radius 1 is 1.06 bits per heavy atom. The zero-order valence-electron chi connectivity index (χ0n) is 17.9. The number of nitrogens with one attached hydrogen (secondary N) is 3. The maximum absolute atomic E-state index is 15.3. The molecule has 178 valence electrons. The first kappa shape index (κ1) is 23.3. The van der Waals surface area contributed by atoms with E-state index in [1.807, 2.05) is 0 Å². The number of imidazole rings is 1. The molecule has 4 rings (SSSR count). The van der Waals surface area contributed by atoms with Gasteiger partial charge in [0.2, 0.25) is 5.60 Å². The molecule has 0 bridgehead atoms. The second kappa shape index (κ2) is 9.18. The molecule has 34 heavy (non-hydrogen) atoms. The van der Waals surface area contributed by atoms with Crippen LogP contribution in [0.1, 0.15) is 11.6 Å². The lowest BCUT2D eigenvalue weighted by molar-refractivity contribution is -0.260. The number of ether oxygens (including phenoxy) is 1. The van der Waals surface area contributed by atoms with E-state index in [-0.39, 0.29) is 17.4 Å². The number of methoxy groups -OCH3 is 1. The number of pyridine rings is 1. The fraction of sp³-hybridized carbons (Fsp3) is 0.217. The molecule has 0 aliphatic rings. The highest BCUT2D eigenvalue weighted by molar-refractivity contribution is 5.91. The van der Waals surface area contributed by atoms with Crippen LogP contribution in [0, 0.1) is 5.82 Å². The molecular formula is C23H21F4N5O2. The Kier molecular flexibility index (Phi) is 6.29. The summed E-state index contributed by atoms with van der Waals surface area (Å²) in [6, 6.07) is 9.95. The van der Waals surface area contributed by atoms with Crippen LogP contribution in [0.3, 0.4) is 0 Å². The number of halogens is 4. The topological polar surface area (TPSA) is 95.1 Å². The summed E-state index contributed by atoms with van der Waals surface area (Å²) in [6.07, 6.45) is -0.877. The largest absolute Gasteiger partial charge is 0.494 e. The number of H-pyrrole nitrogens is 1. The Bertz CT molecular complexity index is 1260. The van der Waals surface area contributed by atoms with Gasteiger partial charge in [-0.3, -0.25) is 4.98 Å². The fourth-order valence-corrected chi connectivity index (χ4v) is 3.69. The van der Waals surface area contributed by atoms with Gasteiger partial charge in [0.15, 0.2) is 17.5 Å². The van der Waals surface area contributed by atoms with Crippen LogP contribution in [0.2, 0.25) is 0 Å². The van der Waals surface area contributed by atoms with Crippen LogP contribution in [-0.4, -0.2) is 45.5 Å². The van der Waals surface area contributed by atoms with Gasteiger partial charge < -0.3 is 25.5 Å². The molecule has 2 atom stereocenters. The molecule has 4 aromatic rings. The molecule has 0 saturated carbocycles. The number of anilines is 2. The van der Waals surface area contributed by atoms with Crippen molar-refractivity contribution in [2.24, 2.45) is 0 Å². The van der Waals surface area contributed by atoms with Gasteiger partial charge in [-0.15, -0.1) is 0 Å². The van der Waals surface area contributed by atoms with Crippen molar-refractivity contribution < 1.29 is 27.4 Å². The van der Waals surface area contributed by atoms with Gasteiger partial charge in [0.1, 0.15) is 0 Å². The van der Waals surface area contributed by atoms with E-state index < -0.39 is 35.7 Å². The molecule has 2 heterocycles. The zero-order valence-corrected chi connectivity index (χ0v) is 17.9. The smallest absolute Gasteiger partial charge is 0.421 e. The predicted octanol–water partition coefficient (Wildman–Crippen LogP) is 4.66. The van der Waals surface area contributed by atoms with Crippen molar-refractivity contribution in [3.8, 4) is 5.75 Å². The lowest BCUT2D eigenvalue weighted by Crippen LogP contribution is -2.57. The van der Waals surface area contributed by atoms with Crippen molar-refractivity contribution in [3.05, 3.63) is 78.5 Å². The molecule has 2 unspecified atom stereocenters. The van der Waals surface area contributed by atoms with Crippen molar-refractivity contribution in [1.82, 2.24) is 15.0 Å². The van der Waals surface area contributed by atoms with Gasteiger partial charge in [-0.2, -0.15) is 13.2 Å². The summed E-state index contributed by atoms with van der Waals surface area (Å²) in [7, 11) is 1.20. The number of nitrogens with zero attached hydrogens (tertiary/aromatic N) is 2. The molecular weight excluding hydrogens is 454 g/mol. The highest BCUT2D eigenvalue weighted by atomic mass is 19.4. The van der Waals surface area contributed by atoms with Crippen molar-refractivity contribution in [2.45, 2.75) is 17.8 Å². The summed E-state index contributed by atoms with van der Waals surface area (Å²) in [5.41, 5.74) is -3.15. The van der Waals surface area contributed by atoms with Gasteiger partial charge in [0.25, 0.3) is 0 Å². The molecule has 2 aromatic heterocycles. The second-order valence-corrected chi connectivity index (χ2v) is 7.53. The van der Waals surface area contributed by atoms with Crippen molar-refractivity contribution in [2.75, 3.05) is 24.3 Å². The maximum atomic E-state index is 15.3. The van der Waals surface area contributed by atoms with Gasteiger partial charge >= 0.3 is 6.18 Å². The van der Waals surface area contributed by atoms with Crippen LogP contribution in [0.4, 0.5) is 29.2 Å². The van der Waals surface area contributed by atoms with E-state index in [2.05, 4.69) is 25.6 Å². The highest BCUT2D eigenvalue weighted by Crippen LogP contribution is 2.44. The van der Waals surface area contributed by atoms with E-state index >= 15 is 4.39 Å². The average Bonchev–Trinajstić information content (AvgIpc) is 3.34. The third-order valence-electron chi connectivity index (χ3n) is 5.46. The molecule has 2 aromatic carbocycles. The van der Waals surface area contributed by atoms with Crippen LogP contribution >= 0.6 is 0 Å². The Morgan fingerprint density at radius 2 is 1.85 bits per heavy atom. The quantitative estimate of drug-likeness (QED) is 0.277. The first-order valence-electron chi connectivity index (χ1n) is 10.2.